The lowest BCUT2D eigenvalue weighted by atomic mass is 10.0. The molecule has 7 heteroatoms. The van der Waals surface area contributed by atoms with Crippen LogP contribution in [0.3, 0.4) is 0 Å². The van der Waals surface area contributed by atoms with Gasteiger partial charge in [0.1, 0.15) is 0 Å². The third-order valence-electron chi connectivity index (χ3n) is 3.46. The molecule has 122 valence electrons. The molecular formula is C16H17FN2O3S. The summed E-state index contributed by atoms with van der Waals surface area (Å²) < 4.78 is 46.9. The van der Waals surface area contributed by atoms with Crippen LogP contribution >= 0.6 is 0 Å². The van der Waals surface area contributed by atoms with Gasteiger partial charge in [0, 0.05) is 18.3 Å². The number of fused-ring (bicyclic) bond motifs is 1. The quantitative estimate of drug-likeness (QED) is 0.851. The van der Waals surface area contributed by atoms with Crippen LogP contribution in [0.4, 0.5) is 4.39 Å². The normalized spacial score (nSPS) is 19.2. The first-order valence-corrected chi connectivity index (χ1v) is 8.91. The van der Waals surface area contributed by atoms with Crippen LogP contribution < -0.4 is 4.74 Å². The number of halogens is 1. The molecule has 1 aromatic carbocycles. The number of hydrogen-bond acceptors (Lipinski definition) is 4. The fraction of sp³-hybridized carbons (Fsp3) is 0.312. The minimum Gasteiger partial charge on any atom is -0.488 e. The van der Waals surface area contributed by atoms with Crippen LogP contribution in [0, 0.1) is 5.82 Å². The molecule has 0 unspecified atom stereocenters. The van der Waals surface area contributed by atoms with Crippen LogP contribution in [0.1, 0.15) is 19.4 Å². The van der Waals surface area contributed by atoms with Gasteiger partial charge in [-0.2, -0.15) is 0 Å². The van der Waals surface area contributed by atoms with Crippen molar-refractivity contribution in [2.45, 2.75) is 20.0 Å². The second-order valence-electron chi connectivity index (χ2n) is 5.63. The summed E-state index contributed by atoms with van der Waals surface area (Å²) in [5.41, 5.74) is 1.13. The van der Waals surface area contributed by atoms with Crippen molar-refractivity contribution in [1.29, 1.82) is 0 Å². The first-order valence-electron chi connectivity index (χ1n) is 7.30. The van der Waals surface area contributed by atoms with E-state index in [4.69, 9.17) is 4.74 Å². The molecule has 0 aromatic heterocycles. The van der Waals surface area contributed by atoms with Gasteiger partial charge in [-0.1, -0.05) is 6.07 Å². The Hall–Kier alpha value is -2.15. The highest BCUT2D eigenvalue weighted by Crippen LogP contribution is 2.28. The summed E-state index contributed by atoms with van der Waals surface area (Å²) in [6.45, 7) is 3.98. The zero-order valence-corrected chi connectivity index (χ0v) is 13.7. The number of amidine groups is 1. The largest absolute Gasteiger partial charge is 0.488 e. The van der Waals surface area contributed by atoms with E-state index in [1.54, 1.807) is 35.4 Å². The Balaban J connectivity index is 2.01. The van der Waals surface area contributed by atoms with E-state index >= 15 is 0 Å². The second kappa shape index (κ2) is 5.81. The molecule has 0 saturated heterocycles. The van der Waals surface area contributed by atoms with Crippen LogP contribution in [0.5, 0.6) is 5.75 Å². The molecule has 1 aromatic rings. The van der Waals surface area contributed by atoms with Gasteiger partial charge in [0.15, 0.2) is 17.4 Å². The van der Waals surface area contributed by atoms with E-state index in [0.717, 1.165) is 0 Å². The Bertz CT molecular complexity index is 826. The van der Waals surface area contributed by atoms with Gasteiger partial charge in [0.2, 0.25) is 0 Å². The van der Waals surface area contributed by atoms with Gasteiger partial charge in [-0.05, 0) is 43.7 Å². The van der Waals surface area contributed by atoms with Gasteiger partial charge in [-0.15, -0.1) is 4.40 Å². The molecule has 0 N–H and O–H groups in total. The summed E-state index contributed by atoms with van der Waals surface area (Å²) in [5, 5.41) is 0. The maximum absolute atomic E-state index is 14.2. The van der Waals surface area contributed by atoms with Crippen molar-refractivity contribution < 1.29 is 17.5 Å². The van der Waals surface area contributed by atoms with Crippen molar-refractivity contribution in [1.82, 2.24) is 4.90 Å². The lowest BCUT2D eigenvalue weighted by Crippen LogP contribution is -2.37. The Kier molecular flexibility index (Phi) is 3.97. The fourth-order valence-corrected chi connectivity index (χ4v) is 3.44. The van der Waals surface area contributed by atoms with Gasteiger partial charge in [-0.25, -0.2) is 12.8 Å². The number of nitrogens with zero attached hydrogens (tertiary/aromatic N) is 2. The number of allylic oxidation sites excluding steroid dienone is 2. The molecule has 0 aliphatic carbocycles. The summed E-state index contributed by atoms with van der Waals surface area (Å²) in [7, 11) is -3.48. The average Bonchev–Trinajstić information content (AvgIpc) is 2.47. The molecule has 2 aliphatic rings. The Labute approximate surface area is 134 Å². The zero-order valence-electron chi connectivity index (χ0n) is 12.9. The van der Waals surface area contributed by atoms with E-state index in [9.17, 15) is 12.8 Å². The Morgan fingerprint density at radius 1 is 1.35 bits per heavy atom. The molecule has 0 fully saturated rings. The second-order valence-corrected chi connectivity index (χ2v) is 7.38. The van der Waals surface area contributed by atoms with Gasteiger partial charge in [0.25, 0.3) is 10.0 Å². The first kappa shape index (κ1) is 15.7. The number of ether oxygens (including phenoxy) is 1. The van der Waals surface area contributed by atoms with Crippen LogP contribution in [0.2, 0.25) is 0 Å². The fourth-order valence-electron chi connectivity index (χ4n) is 2.46. The molecular weight excluding hydrogens is 319 g/mol. The van der Waals surface area contributed by atoms with E-state index in [1.165, 1.54) is 6.07 Å². The molecule has 3 rings (SSSR count). The lowest BCUT2D eigenvalue weighted by molar-refractivity contribution is 0.231. The Morgan fingerprint density at radius 2 is 2.13 bits per heavy atom. The topological polar surface area (TPSA) is 59.0 Å². The summed E-state index contributed by atoms with van der Waals surface area (Å²) in [4.78, 5) is 1.76. The molecule has 23 heavy (non-hydrogen) atoms. The molecule has 2 aliphatic heterocycles. The summed E-state index contributed by atoms with van der Waals surface area (Å²) in [6, 6.07) is 4.59. The highest BCUT2D eigenvalue weighted by molar-refractivity contribution is 7.90. The van der Waals surface area contributed by atoms with E-state index in [-0.39, 0.29) is 17.6 Å². The van der Waals surface area contributed by atoms with Crippen LogP contribution in [-0.2, 0) is 10.0 Å². The lowest BCUT2D eigenvalue weighted by Gasteiger charge is -2.29. The zero-order chi connectivity index (χ0) is 16.6. The average molecular weight is 336 g/mol. The summed E-state index contributed by atoms with van der Waals surface area (Å²) in [5.74, 6) is -0.0113. The van der Waals surface area contributed by atoms with Crippen molar-refractivity contribution in [2.75, 3.05) is 12.3 Å². The van der Waals surface area contributed by atoms with Crippen LogP contribution in [0.15, 0.2) is 40.9 Å². The molecule has 2 heterocycles. The SMILES string of the molecule is CC(C)Oc1ccc(C2=CC=CN3CCS(=O)(=O)N=C23)cc1F. The summed E-state index contributed by atoms with van der Waals surface area (Å²) in [6.07, 6.45) is 5.16. The third-order valence-corrected chi connectivity index (χ3v) is 4.61. The monoisotopic (exact) mass is 336 g/mol. The standard InChI is InChI=1S/C16H17FN2O3S/c1-11(2)22-15-6-5-12(10-14(15)17)13-4-3-7-19-8-9-23(20,21)18-16(13)19/h3-7,10-11H,8-9H2,1-2H3. The molecule has 0 atom stereocenters. The third kappa shape index (κ3) is 3.29. The van der Waals surface area contributed by atoms with E-state index in [0.29, 0.717) is 23.5 Å². The van der Waals surface area contributed by atoms with Crippen molar-refractivity contribution in [3.63, 3.8) is 0 Å². The van der Waals surface area contributed by atoms with E-state index < -0.39 is 15.8 Å². The van der Waals surface area contributed by atoms with Gasteiger partial charge in [0.05, 0.1) is 11.9 Å². The number of sulfonamides is 1. The molecule has 0 spiro atoms. The van der Waals surface area contributed by atoms with Crippen molar-refractivity contribution in [3.05, 3.63) is 47.9 Å². The summed E-state index contributed by atoms with van der Waals surface area (Å²) >= 11 is 0. The van der Waals surface area contributed by atoms with Crippen molar-refractivity contribution in [2.24, 2.45) is 4.40 Å². The van der Waals surface area contributed by atoms with Crippen molar-refractivity contribution in [3.8, 4) is 5.75 Å². The molecule has 5 nitrogen and oxygen atoms in total. The first-order chi connectivity index (χ1) is 10.9. The number of hydrogen-bond donors (Lipinski definition) is 0. The van der Waals surface area contributed by atoms with Gasteiger partial charge < -0.3 is 9.64 Å². The van der Waals surface area contributed by atoms with E-state index in [2.05, 4.69) is 4.40 Å². The van der Waals surface area contributed by atoms with Gasteiger partial charge in [-0.3, -0.25) is 0 Å². The van der Waals surface area contributed by atoms with Crippen LogP contribution in [-0.4, -0.2) is 37.6 Å². The predicted molar refractivity (Wildman–Crippen MR) is 87.2 cm³/mol. The molecule has 0 bridgehead atoms. The smallest absolute Gasteiger partial charge is 0.256 e. The maximum Gasteiger partial charge on any atom is 0.256 e. The van der Waals surface area contributed by atoms with Crippen molar-refractivity contribution >= 4 is 21.4 Å². The van der Waals surface area contributed by atoms with E-state index in [1.807, 2.05) is 13.8 Å². The predicted octanol–water partition coefficient (Wildman–Crippen LogP) is 2.57. The highest BCUT2D eigenvalue weighted by Gasteiger charge is 2.27. The van der Waals surface area contributed by atoms with Crippen LogP contribution in [0.25, 0.3) is 5.57 Å². The minimum absolute atomic E-state index is 0.0242. The number of rotatable bonds is 3. The molecule has 0 amide bonds. The minimum atomic E-state index is -3.48. The van der Waals surface area contributed by atoms with Gasteiger partial charge >= 0.3 is 0 Å². The number of benzene rings is 1. The maximum atomic E-state index is 14.2. The molecule has 0 saturated carbocycles. The Morgan fingerprint density at radius 3 is 2.83 bits per heavy atom. The highest BCUT2D eigenvalue weighted by atomic mass is 32.2. The molecule has 0 radical (unpaired) electrons.